The Hall–Kier alpha value is -2.79. The highest BCUT2D eigenvalue weighted by Crippen LogP contribution is 2.42. The lowest BCUT2D eigenvalue weighted by Gasteiger charge is -2.31. The molecule has 1 atom stereocenters. The molecule has 1 saturated heterocycles. The predicted molar refractivity (Wildman–Crippen MR) is 150 cm³/mol. The second-order valence-corrected chi connectivity index (χ2v) is 12.0. The van der Waals surface area contributed by atoms with Gasteiger partial charge in [-0.3, -0.25) is 14.4 Å². The normalized spacial score (nSPS) is 17.4. The van der Waals surface area contributed by atoms with Crippen molar-refractivity contribution in [1.29, 1.82) is 0 Å². The molecule has 13 heteroatoms. The van der Waals surface area contributed by atoms with Crippen LogP contribution < -0.4 is 10.5 Å². The molecule has 3 aromatic rings. The third kappa shape index (κ3) is 5.42. The summed E-state index contributed by atoms with van der Waals surface area (Å²) >= 11 is 18.5. The largest absolute Gasteiger partial charge is 0.506 e. The molecule has 7 nitrogen and oxygen atoms in total. The summed E-state index contributed by atoms with van der Waals surface area (Å²) in [5, 5.41) is 7.22. The molecule has 2 amide bonds. The van der Waals surface area contributed by atoms with Gasteiger partial charge in [0.25, 0.3) is 11.5 Å². The Kier molecular flexibility index (Phi) is 7.82. The van der Waals surface area contributed by atoms with E-state index in [1.165, 1.54) is 23.1 Å². The SMILES string of the molecule is CC1CCCN(c2cc3c(cc2O)CN(C(=O)c2c(Sc4c(Cl)cccc4Cl)cc(C(F)(F)Cl)[nH]c2=O)C3)C1=O. The second-order valence-electron chi connectivity index (χ2n) is 9.71. The van der Waals surface area contributed by atoms with Gasteiger partial charge in [-0.05, 0) is 65.9 Å². The molecule has 40 heavy (non-hydrogen) atoms. The number of fused-ring (bicyclic) bond motifs is 1. The Morgan fingerprint density at radius 1 is 1.12 bits per heavy atom. The quantitative estimate of drug-likeness (QED) is 0.305. The van der Waals surface area contributed by atoms with Gasteiger partial charge in [-0.2, -0.15) is 8.78 Å². The summed E-state index contributed by atoms with van der Waals surface area (Å²) in [6.07, 6.45) is 1.57. The highest BCUT2D eigenvalue weighted by atomic mass is 35.5. The van der Waals surface area contributed by atoms with Crippen molar-refractivity contribution < 1.29 is 23.5 Å². The zero-order valence-corrected chi connectivity index (χ0v) is 24.0. The first-order valence-electron chi connectivity index (χ1n) is 12.3. The number of aromatic nitrogens is 1. The molecular weight excluding hydrogens is 607 g/mol. The smallest absolute Gasteiger partial charge is 0.362 e. The van der Waals surface area contributed by atoms with Gasteiger partial charge in [-0.15, -0.1) is 0 Å². The van der Waals surface area contributed by atoms with Crippen LogP contribution >= 0.6 is 46.6 Å². The molecule has 1 aromatic heterocycles. The summed E-state index contributed by atoms with van der Waals surface area (Å²) < 4.78 is 28.0. The van der Waals surface area contributed by atoms with Crippen molar-refractivity contribution in [1.82, 2.24) is 9.88 Å². The van der Waals surface area contributed by atoms with Gasteiger partial charge in [-0.25, -0.2) is 0 Å². The van der Waals surface area contributed by atoms with Gasteiger partial charge in [0.1, 0.15) is 17.0 Å². The molecule has 0 saturated carbocycles. The highest BCUT2D eigenvalue weighted by Gasteiger charge is 2.35. The summed E-state index contributed by atoms with van der Waals surface area (Å²) in [6, 6.07) is 8.79. The van der Waals surface area contributed by atoms with Gasteiger partial charge >= 0.3 is 5.38 Å². The van der Waals surface area contributed by atoms with E-state index in [1.54, 1.807) is 17.0 Å². The summed E-state index contributed by atoms with van der Waals surface area (Å²) in [4.78, 5) is 44.6. The fraction of sp³-hybridized carbons (Fsp3) is 0.296. The first-order chi connectivity index (χ1) is 18.8. The summed E-state index contributed by atoms with van der Waals surface area (Å²) in [6.45, 7) is 2.43. The number of aromatic amines is 1. The van der Waals surface area contributed by atoms with Gasteiger partial charge in [0.15, 0.2) is 0 Å². The molecule has 3 heterocycles. The van der Waals surface area contributed by atoms with Crippen LogP contribution in [0.3, 0.4) is 0 Å². The Bertz CT molecular complexity index is 1570. The van der Waals surface area contributed by atoms with Crippen LogP contribution in [0, 0.1) is 5.92 Å². The van der Waals surface area contributed by atoms with Crippen molar-refractivity contribution in [3.63, 3.8) is 0 Å². The van der Waals surface area contributed by atoms with E-state index in [0.29, 0.717) is 23.4 Å². The molecule has 5 rings (SSSR count). The van der Waals surface area contributed by atoms with Crippen LogP contribution in [0.1, 0.15) is 46.9 Å². The van der Waals surface area contributed by atoms with Crippen LogP contribution in [-0.2, 0) is 23.3 Å². The number of aromatic hydroxyl groups is 1. The molecule has 2 aliphatic rings. The number of hydrogen-bond acceptors (Lipinski definition) is 5. The van der Waals surface area contributed by atoms with E-state index in [1.807, 2.05) is 11.9 Å². The van der Waals surface area contributed by atoms with Crippen molar-refractivity contribution in [2.75, 3.05) is 11.4 Å². The minimum atomic E-state index is -3.90. The molecule has 210 valence electrons. The average Bonchev–Trinajstić information content (AvgIpc) is 3.29. The number of anilines is 1. The van der Waals surface area contributed by atoms with E-state index < -0.39 is 22.5 Å². The van der Waals surface area contributed by atoms with Gasteiger partial charge in [0, 0.05) is 35.3 Å². The van der Waals surface area contributed by atoms with Gasteiger partial charge in [0.2, 0.25) is 5.91 Å². The van der Waals surface area contributed by atoms with Crippen LogP contribution in [0.15, 0.2) is 51.0 Å². The number of carbonyl (C=O) groups excluding carboxylic acids is 2. The monoisotopic (exact) mass is 627 g/mol. The van der Waals surface area contributed by atoms with Gasteiger partial charge in [-0.1, -0.05) is 48.0 Å². The summed E-state index contributed by atoms with van der Waals surface area (Å²) in [5.41, 5.74) is -0.641. The maximum absolute atomic E-state index is 14.0. The third-order valence-electron chi connectivity index (χ3n) is 6.95. The number of nitrogens with zero attached hydrogens (tertiary/aromatic N) is 2. The molecule has 0 spiro atoms. The zero-order valence-electron chi connectivity index (χ0n) is 20.9. The number of hydrogen-bond donors (Lipinski definition) is 2. The van der Waals surface area contributed by atoms with Crippen molar-refractivity contribution in [2.45, 2.75) is 48.0 Å². The fourth-order valence-corrected chi connectivity index (χ4v) is 6.64. The molecule has 2 aromatic carbocycles. The molecule has 1 fully saturated rings. The van der Waals surface area contributed by atoms with Crippen LogP contribution in [-0.4, -0.2) is 33.3 Å². The van der Waals surface area contributed by atoms with E-state index in [4.69, 9.17) is 34.8 Å². The number of carbonyl (C=O) groups is 2. The lowest BCUT2D eigenvalue weighted by molar-refractivity contribution is -0.123. The highest BCUT2D eigenvalue weighted by molar-refractivity contribution is 7.99. The third-order valence-corrected chi connectivity index (χ3v) is 9.19. The lowest BCUT2D eigenvalue weighted by atomic mass is 9.97. The number of phenols is 1. The first kappa shape index (κ1) is 28.7. The Morgan fingerprint density at radius 3 is 2.42 bits per heavy atom. The van der Waals surface area contributed by atoms with E-state index >= 15 is 0 Å². The van der Waals surface area contributed by atoms with Gasteiger partial charge in [0.05, 0.1) is 15.7 Å². The van der Waals surface area contributed by atoms with Crippen molar-refractivity contribution in [3.05, 3.63) is 79.2 Å². The Labute approximate surface area is 247 Å². The van der Waals surface area contributed by atoms with Crippen LogP contribution in [0.2, 0.25) is 10.0 Å². The molecule has 0 bridgehead atoms. The topological polar surface area (TPSA) is 93.7 Å². The van der Waals surface area contributed by atoms with E-state index in [0.717, 1.165) is 30.7 Å². The Balaban J connectivity index is 1.51. The molecule has 2 aliphatic heterocycles. The second kappa shape index (κ2) is 10.9. The number of rotatable bonds is 5. The fourth-order valence-electron chi connectivity index (χ4n) is 4.90. The first-order valence-corrected chi connectivity index (χ1v) is 14.2. The summed E-state index contributed by atoms with van der Waals surface area (Å²) in [7, 11) is 0. The number of nitrogens with one attached hydrogen (secondary N) is 1. The number of benzene rings is 2. The molecule has 1 unspecified atom stereocenters. The van der Waals surface area contributed by atoms with Gasteiger partial charge < -0.3 is 19.9 Å². The molecule has 2 N–H and O–H groups in total. The minimum Gasteiger partial charge on any atom is -0.506 e. The number of pyridine rings is 1. The number of piperidine rings is 1. The molecular formula is C27H22Cl3F2N3O4S. The maximum Gasteiger partial charge on any atom is 0.362 e. The van der Waals surface area contributed by atoms with Crippen molar-refractivity contribution >= 4 is 64.1 Å². The Morgan fingerprint density at radius 2 is 1.77 bits per heavy atom. The standard InChI is InChI=1S/C27H22Cl3F2N3O4S/c1-13-4-3-7-35(25(13)38)18-8-14-11-34(12-15(14)9-19(18)36)26(39)22-20(10-21(27(30,31)32)33-24(22)37)40-23-16(28)5-2-6-17(23)29/h2,5-6,8-10,13,36H,3-4,7,11-12H2,1H3,(H,33,37). The van der Waals surface area contributed by atoms with E-state index in [-0.39, 0.29) is 56.1 Å². The van der Waals surface area contributed by atoms with E-state index in [2.05, 4.69) is 0 Å². The number of H-pyrrole nitrogens is 1. The summed E-state index contributed by atoms with van der Waals surface area (Å²) in [5.74, 6) is -1.07. The molecule has 0 radical (unpaired) electrons. The van der Waals surface area contributed by atoms with Crippen LogP contribution in [0.5, 0.6) is 5.75 Å². The number of alkyl halides is 3. The van der Waals surface area contributed by atoms with E-state index in [9.17, 15) is 28.3 Å². The van der Waals surface area contributed by atoms with Crippen LogP contribution in [0.25, 0.3) is 0 Å². The maximum atomic E-state index is 14.0. The zero-order chi connectivity index (χ0) is 28.9. The van der Waals surface area contributed by atoms with Crippen molar-refractivity contribution in [3.8, 4) is 5.75 Å². The number of halogens is 5. The molecule has 0 aliphatic carbocycles. The lowest BCUT2D eigenvalue weighted by Crippen LogP contribution is -2.40. The predicted octanol–water partition coefficient (Wildman–Crippen LogP) is 6.75. The average molecular weight is 629 g/mol. The number of phenolic OH excluding ortho intramolecular Hbond substituents is 1. The van der Waals surface area contributed by atoms with Crippen molar-refractivity contribution in [2.24, 2.45) is 5.92 Å². The minimum absolute atomic E-state index is 0.0518. The van der Waals surface area contributed by atoms with Crippen LogP contribution in [0.4, 0.5) is 14.5 Å². The number of amides is 2.